The van der Waals surface area contributed by atoms with Crippen LogP contribution >= 0.6 is 11.8 Å². The molecule has 27 heavy (non-hydrogen) atoms. The number of ether oxygens (including phenoxy) is 1. The Morgan fingerprint density at radius 1 is 1.15 bits per heavy atom. The molecule has 0 saturated carbocycles. The maximum Gasteiger partial charge on any atom is 0.226 e. The number of para-hydroxylation sites is 1. The van der Waals surface area contributed by atoms with Gasteiger partial charge in [-0.1, -0.05) is 57.0 Å². The molecule has 1 fully saturated rings. The summed E-state index contributed by atoms with van der Waals surface area (Å²) in [5.74, 6) is 3.10. The maximum atomic E-state index is 13.1. The van der Waals surface area contributed by atoms with Crippen LogP contribution in [0.4, 0.5) is 0 Å². The van der Waals surface area contributed by atoms with E-state index in [0.29, 0.717) is 5.91 Å². The van der Waals surface area contributed by atoms with E-state index in [9.17, 15) is 4.79 Å². The lowest BCUT2D eigenvalue weighted by Crippen LogP contribution is -2.35. The number of amides is 1. The Bertz CT molecular complexity index is 734. The molecule has 3 nitrogen and oxygen atoms in total. The van der Waals surface area contributed by atoms with Gasteiger partial charge in [-0.3, -0.25) is 4.79 Å². The topological polar surface area (TPSA) is 29.5 Å². The average Bonchev–Trinajstić information content (AvgIpc) is 3.19. The van der Waals surface area contributed by atoms with Gasteiger partial charge in [0.15, 0.2) is 0 Å². The Hall–Kier alpha value is -1.94. The van der Waals surface area contributed by atoms with Crippen molar-refractivity contribution < 1.29 is 9.53 Å². The predicted molar refractivity (Wildman–Crippen MR) is 113 cm³/mol. The Balaban J connectivity index is 1.74. The van der Waals surface area contributed by atoms with Crippen molar-refractivity contribution in [2.75, 3.05) is 12.3 Å². The first-order valence-corrected chi connectivity index (χ1v) is 11.0. The Morgan fingerprint density at radius 3 is 2.67 bits per heavy atom. The van der Waals surface area contributed by atoms with Gasteiger partial charge in [-0.2, -0.15) is 0 Å². The zero-order valence-corrected chi connectivity index (χ0v) is 17.1. The third-order valence-corrected chi connectivity index (χ3v) is 6.31. The average molecular weight is 384 g/mol. The molecular weight excluding hydrogens is 354 g/mol. The fourth-order valence-corrected chi connectivity index (χ4v) is 4.77. The molecule has 2 aromatic rings. The van der Waals surface area contributed by atoms with Crippen LogP contribution in [0.3, 0.4) is 0 Å². The fourth-order valence-electron chi connectivity index (χ4n) is 3.52. The first kappa shape index (κ1) is 19.8. The monoisotopic (exact) mass is 383 g/mol. The van der Waals surface area contributed by atoms with Gasteiger partial charge in [-0.25, -0.2) is 0 Å². The third-order valence-electron chi connectivity index (χ3n) is 5.04. The first-order valence-electron chi connectivity index (χ1n) is 9.97. The van der Waals surface area contributed by atoms with E-state index in [1.807, 2.05) is 54.2 Å². The summed E-state index contributed by atoms with van der Waals surface area (Å²) < 4.78 is 5.98. The smallest absolute Gasteiger partial charge is 0.226 e. The molecule has 4 heteroatoms. The van der Waals surface area contributed by atoms with E-state index in [1.54, 1.807) is 0 Å². The second kappa shape index (κ2) is 9.84. The van der Waals surface area contributed by atoms with Gasteiger partial charge in [0.05, 0.1) is 0 Å². The van der Waals surface area contributed by atoms with Gasteiger partial charge in [0.25, 0.3) is 0 Å². The lowest BCUT2D eigenvalue weighted by molar-refractivity contribution is -0.136. The number of thioether (sulfide) groups is 1. The molecule has 2 aromatic carbocycles. The third kappa shape index (κ3) is 5.07. The van der Waals surface area contributed by atoms with Gasteiger partial charge >= 0.3 is 0 Å². The van der Waals surface area contributed by atoms with E-state index in [-0.39, 0.29) is 11.3 Å². The number of carbonyl (C=O) groups is 1. The summed E-state index contributed by atoms with van der Waals surface area (Å²) in [6.07, 6.45) is 4.18. The van der Waals surface area contributed by atoms with Crippen LogP contribution in [0.5, 0.6) is 11.5 Å². The number of nitrogens with zero attached hydrogens (tertiary/aromatic N) is 1. The number of carbonyl (C=O) groups excluding carboxylic acids is 1. The summed E-state index contributed by atoms with van der Waals surface area (Å²) in [7, 11) is 0. The Morgan fingerprint density at radius 2 is 1.93 bits per heavy atom. The highest BCUT2D eigenvalue weighted by molar-refractivity contribution is 7.99. The van der Waals surface area contributed by atoms with E-state index in [4.69, 9.17) is 4.74 Å². The molecule has 0 radical (unpaired) electrons. The maximum absolute atomic E-state index is 13.1. The zero-order valence-electron chi connectivity index (χ0n) is 16.3. The predicted octanol–water partition coefficient (Wildman–Crippen LogP) is 6.27. The van der Waals surface area contributed by atoms with Crippen molar-refractivity contribution >= 4 is 17.7 Å². The molecule has 0 bridgehead atoms. The van der Waals surface area contributed by atoms with Gasteiger partial charge in [-0.05, 0) is 42.7 Å². The normalized spacial score (nSPS) is 17.7. The van der Waals surface area contributed by atoms with Crippen LogP contribution in [0.25, 0.3) is 0 Å². The van der Waals surface area contributed by atoms with E-state index in [2.05, 4.69) is 30.9 Å². The van der Waals surface area contributed by atoms with Crippen molar-refractivity contribution in [1.29, 1.82) is 0 Å². The van der Waals surface area contributed by atoms with Crippen molar-refractivity contribution in [3.63, 3.8) is 0 Å². The van der Waals surface area contributed by atoms with Crippen LogP contribution in [0.15, 0.2) is 54.6 Å². The Kier molecular flexibility index (Phi) is 7.22. The van der Waals surface area contributed by atoms with E-state index >= 15 is 0 Å². The van der Waals surface area contributed by atoms with Crippen LogP contribution in [0, 0.1) is 5.92 Å². The first-order chi connectivity index (χ1) is 13.2. The molecule has 1 saturated heterocycles. The molecule has 1 amide bonds. The van der Waals surface area contributed by atoms with Crippen LogP contribution in [-0.4, -0.2) is 23.1 Å². The van der Waals surface area contributed by atoms with E-state index in [0.717, 1.165) is 55.0 Å². The summed E-state index contributed by atoms with van der Waals surface area (Å²) in [5.41, 5.74) is 1.14. The zero-order chi connectivity index (χ0) is 19.1. The minimum atomic E-state index is 0.0903. The van der Waals surface area contributed by atoms with Gasteiger partial charge in [-0.15, -0.1) is 11.8 Å². The molecule has 1 aliphatic rings. The summed E-state index contributed by atoms with van der Waals surface area (Å²) in [5, 5.41) is 0.0903. The molecule has 1 heterocycles. The molecule has 3 rings (SSSR count). The molecule has 144 valence electrons. The van der Waals surface area contributed by atoms with Crippen molar-refractivity contribution in [2.24, 2.45) is 5.92 Å². The minimum absolute atomic E-state index is 0.0903. The molecule has 0 N–H and O–H groups in total. The number of benzene rings is 2. The SMILES string of the molecule is CCCC[C@H](CC)C(=O)N1CCS[C@H]1c1cccc(Oc2ccccc2)c1. The number of unbranched alkanes of at least 4 members (excludes halogenated alkanes) is 1. The highest BCUT2D eigenvalue weighted by Crippen LogP contribution is 2.40. The van der Waals surface area contributed by atoms with Gasteiger partial charge in [0, 0.05) is 18.2 Å². The van der Waals surface area contributed by atoms with Crippen LogP contribution in [-0.2, 0) is 4.79 Å². The molecular formula is C23H29NO2S. The van der Waals surface area contributed by atoms with Crippen LogP contribution < -0.4 is 4.74 Å². The van der Waals surface area contributed by atoms with E-state index in [1.165, 1.54) is 0 Å². The largest absolute Gasteiger partial charge is 0.457 e. The number of rotatable bonds is 8. The lowest BCUT2D eigenvalue weighted by atomic mass is 9.97. The van der Waals surface area contributed by atoms with Crippen molar-refractivity contribution in [2.45, 2.75) is 44.9 Å². The molecule has 0 spiro atoms. The highest BCUT2D eigenvalue weighted by atomic mass is 32.2. The summed E-state index contributed by atoms with van der Waals surface area (Å²) >= 11 is 1.85. The van der Waals surface area contributed by atoms with Crippen molar-refractivity contribution in [3.8, 4) is 11.5 Å². The highest BCUT2D eigenvalue weighted by Gasteiger charge is 2.33. The van der Waals surface area contributed by atoms with Crippen LogP contribution in [0.1, 0.15) is 50.5 Å². The summed E-state index contributed by atoms with van der Waals surface area (Å²) in [6, 6.07) is 18.0. The van der Waals surface area contributed by atoms with Crippen molar-refractivity contribution in [1.82, 2.24) is 4.90 Å². The lowest BCUT2D eigenvalue weighted by Gasteiger charge is -2.28. The summed E-state index contributed by atoms with van der Waals surface area (Å²) in [6.45, 7) is 5.15. The molecule has 2 atom stereocenters. The Labute approximate surface area is 167 Å². The quantitative estimate of drug-likeness (QED) is 0.538. The van der Waals surface area contributed by atoms with Crippen molar-refractivity contribution in [3.05, 3.63) is 60.2 Å². The standard InChI is InChI=1S/C23H29NO2S/c1-3-5-10-18(4-2)22(25)24-15-16-27-23(24)19-11-9-14-21(17-19)26-20-12-7-6-8-13-20/h6-9,11-14,17-18,23H,3-5,10,15-16H2,1-2H3/t18-,23-/m0/s1. The second-order valence-corrected chi connectivity index (χ2v) is 8.18. The number of hydrogen-bond acceptors (Lipinski definition) is 3. The number of hydrogen-bond donors (Lipinski definition) is 0. The van der Waals surface area contributed by atoms with Gasteiger partial charge < -0.3 is 9.64 Å². The fraction of sp³-hybridized carbons (Fsp3) is 0.435. The van der Waals surface area contributed by atoms with E-state index < -0.39 is 0 Å². The van der Waals surface area contributed by atoms with Crippen LogP contribution in [0.2, 0.25) is 0 Å². The van der Waals surface area contributed by atoms with Gasteiger partial charge in [0.2, 0.25) is 5.91 Å². The molecule has 0 unspecified atom stereocenters. The minimum Gasteiger partial charge on any atom is -0.457 e. The molecule has 1 aliphatic heterocycles. The summed E-state index contributed by atoms with van der Waals surface area (Å²) in [4.78, 5) is 15.2. The second-order valence-electron chi connectivity index (χ2n) is 6.99. The molecule has 0 aliphatic carbocycles. The van der Waals surface area contributed by atoms with Gasteiger partial charge in [0.1, 0.15) is 16.9 Å². The molecule has 0 aromatic heterocycles.